The first-order valence-electron chi connectivity index (χ1n) is 6.32. The summed E-state index contributed by atoms with van der Waals surface area (Å²) in [5, 5.41) is 10.2. The molecular formula is C13H25NO2S. The molecular weight excluding hydrogens is 234 g/mol. The van der Waals surface area contributed by atoms with Crippen molar-refractivity contribution >= 4 is 17.7 Å². The Morgan fingerprint density at radius 2 is 1.88 bits per heavy atom. The van der Waals surface area contributed by atoms with E-state index in [4.69, 9.17) is 0 Å². The van der Waals surface area contributed by atoms with Crippen LogP contribution >= 0.6 is 11.8 Å². The summed E-state index contributed by atoms with van der Waals surface area (Å²) in [5.74, 6) is 0.612. The van der Waals surface area contributed by atoms with Gasteiger partial charge < -0.3 is 10.0 Å². The summed E-state index contributed by atoms with van der Waals surface area (Å²) in [6, 6.07) is 0. The molecule has 0 radical (unpaired) electrons. The van der Waals surface area contributed by atoms with E-state index in [2.05, 4.69) is 20.8 Å². The molecule has 0 spiro atoms. The van der Waals surface area contributed by atoms with Gasteiger partial charge in [-0.25, -0.2) is 0 Å². The standard InChI is InChI=1S/C13H25NO2S/c1-12(2,3)17-9-11(15)14(4)10-13(16)7-5-6-8-13/h16H,5-10H2,1-4H3. The summed E-state index contributed by atoms with van der Waals surface area (Å²) in [7, 11) is 1.79. The van der Waals surface area contributed by atoms with Crippen molar-refractivity contribution in [1.82, 2.24) is 4.90 Å². The lowest BCUT2D eigenvalue weighted by Gasteiger charge is -2.29. The number of hydrogen-bond donors (Lipinski definition) is 1. The van der Waals surface area contributed by atoms with Crippen molar-refractivity contribution in [2.45, 2.75) is 56.8 Å². The molecule has 1 fully saturated rings. The topological polar surface area (TPSA) is 40.5 Å². The van der Waals surface area contributed by atoms with Gasteiger partial charge in [0.1, 0.15) is 0 Å². The van der Waals surface area contributed by atoms with Crippen LogP contribution in [-0.4, -0.2) is 45.6 Å². The fraction of sp³-hybridized carbons (Fsp3) is 0.923. The van der Waals surface area contributed by atoms with Gasteiger partial charge >= 0.3 is 0 Å². The largest absolute Gasteiger partial charge is 0.388 e. The van der Waals surface area contributed by atoms with Crippen LogP contribution in [0.4, 0.5) is 0 Å². The number of rotatable bonds is 4. The number of nitrogens with zero attached hydrogens (tertiary/aromatic N) is 1. The van der Waals surface area contributed by atoms with E-state index in [1.165, 1.54) is 0 Å². The molecule has 1 aliphatic carbocycles. The van der Waals surface area contributed by atoms with Crippen LogP contribution in [0.1, 0.15) is 46.5 Å². The van der Waals surface area contributed by atoms with Crippen LogP contribution in [0, 0.1) is 0 Å². The van der Waals surface area contributed by atoms with E-state index in [1.54, 1.807) is 23.7 Å². The molecule has 1 amide bonds. The molecule has 100 valence electrons. The van der Waals surface area contributed by atoms with Gasteiger partial charge in [-0.15, -0.1) is 11.8 Å². The highest BCUT2D eigenvalue weighted by atomic mass is 32.2. The minimum absolute atomic E-state index is 0.112. The fourth-order valence-electron chi connectivity index (χ4n) is 2.11. The van der Waals surface area contributed by atoms with Crippen LogP contribution in [0.15, 0.2) is 0 Å². The molecule has 1 rings (SSSR count). The second kappa shape index (κ2) is 5.61. The minimum Gasteiger partial charge on any atom is -0.388 e. The fourth-order valence-corrected chi connectivity index (χ4v) is 2.89. The zero-order chi connectivity index (χ0) is 13.1. The molecule has 0 aromatic rings. The Balaban J connectivity index is 2.36. The summed E-state index contributed by atoms with van der Waals surface area (Å²) in [4.78, 5) is 13.6. The van der Waals surface area contributed by atoms with Gasteiger partial charge in [-0.1, -0.05) is 33.6 Å². The first-order chi connectivity index (χ1) is 7.72. The van der Waals surface area contributed by atoms with Gasteiger partial charge in [-0.3, -0.25) is 4.79 Å². The quantitative estimate of drug-likeness (QED) is 0.842. The normalized spacial score (nSPS) is 19.4. The summed E-state index contributed by atoms with van der Waals surface area (Å²) in [6.07, 6.45) is 3.82. The van der Waals surface area contributed by atoms with Crippen LogP contribution in [0.3, 0.4) is 0 Å². The van der Waals surface area contributed by atoms with E-state index >= 15 is 0 Å². The minimum atomic E-state index is -0.628. The summed E-state index contributed by atoms with van der Waals surface area (Å²) in [6.45, 7) is 6.80. The molecule has 0 aliphatic heterocycles. The Labute approximate surface area is 109 Å². The molecule has 0 atom stereocenters. The molecule has 0 aromatic carbocycles. The monoisotopic (exact) mass is 259 g/mol. The Morgan fingerprint density at radius 1 is 1.35 bits per heavy atom. The predicted molar refractivity (Wildman–Crippen MR) is 73.3 cm³/mol. The number of thioether (sulfide) groups is 1. The molecule has 0 heterocycles. The van der Waals surface area contributed by atoms with Crippen molar-refractivity contribution in [2.75, 3.05) is 19.3 Å². The SMILES string of the molecule is CN(CC1(O)CCCC1)C(=O)CSC(C)(C)C. The Bertz CT molecular complexity index is 267. The first kappa shape index (κ1) is 14.8. The zero-order valence-electron chi connectivity index (χ0n) is 11.5. The van der Waals surface area contributed by atoms with Crippen LogP contribution in [-0.2, 0) is 4.79 Å². The number of carbonyl (C=O) groups is 1. The average Bonchev–Trinajstić information content (AvgIpc) is 2.60. The van der Waals surface area contributed by atoms with E-state index in [1.807, 2.05) is 0 Å². The number of aliphatic hydroxyl groups is 1. The lowest BCUT2D eigenvalue weighted by atomic mass is 10.0. The van der Waals surface area contributed by atoms with Gasteiger partial charge in [0.2, 0.25) is 5.91 Å². The van der Waals surface area contributed by atoms with Gasteiger partial charge in [-0.2, -0.15) is 0 Å². The first-order valence-corrected chi connectivity index (χ1v) is 7.31. The van der Waals surface area contributed by atoms with Crippen molar-refractivity contribution in [2.24, 2.45) is 0 Å². The van der Waals surface area contributed by atoms with Crippen LogP contribution < -0.4 is 0 Å². The van der Waals surface area contributed by atoms with Gasteiger partial charge in [0.15, 0.2) is 0 Å². The van der Waals surface area contributed by atoms with Crippen LogP contribution in [0.25, 0.3) is 0 Å². The van der Waals surface area contributed by atoms with Crippen molar-refractivity contribution < 1.29 is 9.90 Å². The van der Waals surface area contributed by atoms with E-state index in [0.717, 1.165) is 25.7 Å². The van der Waals surface area contributed by atoms with Gasteiger partial charge in [0, 0.05) is 18.3 Å². The van der Waals surface area contributed by atoms with E-state index in [0.29, 0.717) is 12.3 Å². The highest BCUT2D eigenvalue weighted by molar-refractivity contribution is 8.01. The number of likely N-dealkylation sites (N-methyl/N-ethyl adjacent to an activating group) is 1. The summed E-state index contributed by atoms with van der Waals surface area (Å²) in [5.41, 5.74) is -0.628. The zero-order valence-corrected chi connectivity index (χ0v) is 12.3. The maximum atomic E-state index is 11.9. The lowest BCUT2D eigenvalue weighted by Crippen LogP contribution is -2.42. The number of carbonyl (C=O) groups excluding carboxylic acids is 1. The van der Waals surface area contributed by atoms with E-state index in [9.17, 15) is 9.90 Å². The van der Waals surface area contributed by atoms with Gasteiger partial charge in [0.05, 0.1) is 11.4 Å². The molecule has 0 bridgehead atoms. The third-order valence-electron chi connectivity index (χ3n) is 3.12. The van der Waals surface area contributed by atoms with Crippen LogP contribution in [0.2, 0.25) is 0 Å². The Hall–Kier alpha value is -0.220. The highest BCUT2D eigenvalue weighted by Crippen LogP contribution is 2.30. The Kier molecular flexibility index (Phi) is 4.90. The molecule has 0 aromatic heterocycles. The molecule has 1 aliphatic rings. The van der Waals surface area contributed by atoms with Crippen molar-refractivity contribution in [3.63, 3.8) is 0 Å². The van der Waals surface area contributed by atoms with Crippen molar-refractivity contribution in [3.8, 4) is 0 Å². The van der Waals surface area contributed by atoms with Crippen LogP contribution in [0.5, 0.6) is 0 Å². The summed E-state index contributed by atoms with van der Waals surface area (Å²) >= 11 is 1.65. The van der Waals surface area contributed by atoms with Crippen molar-refractivity contribution in [3.05, 3.63) is 0 Å². The van der Waals surface area contributed by atoms with E-state index in [-0.39, 0.29) is 10.7 Å². The molecule has 1 N–H and O–H groups in total. The molecule has 17 heavy (non-hydrogen) atoms. The third-order valence-corrected chi connectivity index (χ3v) is 4.38. The maximum absolute atomic E-state index is 11.9. The van der Waals surface area contributed by atoms with Gasteiger partial charge in [-0.05, 0) is 12.8 Å². The maximum Gasteiger partial charge on any atom is 0.232 e. The molecule has 3 nitrogen and oxygen atoms in total. The molecule has 4 heteroatoms. The van der Waals surface area contributed by atoms with Gasteiger partial charge in [0.25, 0.3) is 0 Å². The number of amides is 1. The van der Waals surface area contributed by atoms with E-state index < -0.39 is 5.60 Å². The second-order valence-corrected chi connectivity index (χ2v) is 7.88. The van der Waals surface area contributed by atoms with Crippen molar-refractivity contribution in [1.29, 1.82) is 0 Å². The summed E-state index contributed by atoms with van der Waals surface area (Å²) < 4.78 is 0.112. The smallest absolute Gasteiger partial charge is 0.232 e. The Morgan fingerprint density at radius 3 is 2.35 bits per heavy atom. The molecule has 0 unspecified atom stereocenters. The average molecular weight is 259 g/mol. The molecule has 0 saturated heterocycles. The molecule has 1 saturated carbocycles. The second-order valence-electron chi connectivity index (χ2n) is 6.08. The number of hydrogen-bond acceptors (Lipinski definition) is 3. The third kappa shape index (κ3) is 5.30. The highest BCUT2D eigenvalue weighted by Gasteiger charge is 2.33. The lowest BCUT2D eigenvalue weighted by molar-refractivity contribution is -0.130. The predicted octanol–water partition coefficient (Wildman–Crippen LogP) is 2.28.